The van der Waals surface area contributed by atoms with E-state index in [0.717, 1.165) is 11.3 Å². The van der Waals surface area contributed by atoms with Crippen LogP contribution in [0, 0.1) is 5.92 Å². The molecule has 3 atom stereocenters. The molecule has 7 heteroatoms. The second-order valence-electron chi connectivity index (χ2n) is 6.69. The normalized spacial score (nSPS) is 27.5. The van der Waals surface area contributed by atoms with Crippen LogP contribution >= 0.6 is 0 Å². The monoisotopic (exact) mass is 347 g/mol. The average molecular weight is 347 g/mol. The smallest absolute Gasteiger partial charge is 0.211 e. The average Bonchev–Trinajstić information content (AvgIpc) is 3.05. The summed E-state index contributed by atoms with van der Waals surface area (Å²) in [6, 6.07) is 8.20. The number of sulfonamides is 1. The van der Waals surface area contributed by atoms with Gasteiger partial charge in [-0.25, -0.2) is 17.7 Å². The minimum absolute atomic E-state index is 0.00760. The quantitative estimate of drug-likeness (QED) is 0.893. The third-order valence-electron chi connectivity index (χ3n) is 5.28. The van der Waals surface area contributed by atoms with Crippen molar-refractivity contribution in [3.8, 4) is 11.3 Å². The van der Waals surface area contributed by atoms with Gasteiger partial charge in [-0.2, -0.15) is 0 Å². The van der Waals surface area contributed by atoms with Crippen LogP contribution in [0.4, 0.5) is 0 Å². The fraction of sp³-hybridized carbons (Fsp3) is 0.471. The molecular weight excluding hydrogens is 326 g/mol. The number of nitrogens with zero attached hydrogens (tertiary/aromatic N) is 3. The Morgan fingerprint density at radius 1 is 1.21 bits per heavy atom. The van der Waals surface area contributed by atoms with Crippen LogP contribution in [-0.4, -0.2) is 52.8 Å². The number of aromatic nitrogens is 2. The molecule has 2 aliphatic heterocycles. The first-order chi connectivity index (χ1) is 11.5. The molecular formula is C17H21N3O3S. The van der Waals surface area contributed by atoms with E-state index in [0.29, 0.717) is 25.9 Å². The maximum absolute atomic E-state index is 11.9. The van der Waals surface area contributed by atoms with Crippen molar-refractivity contribution < 1.29 is 13.5 Å². The fourth-order valence-corrected chi connectivity index (χ4v) is 4.97. The summed E-state index contributed by atoms with van der Waals surface area (Å²) in [5, 5.41) is 10.7. The van der Waals surface area contributed by atoms with Crippen LogP contribution in [0.3, 0.4) is 0 Å². The SMILES string of the molecule is CS(=O)(=O)N1CC[C@@H]([C@H]2c3ccccc3-c3cncn32)[C@@H](O)CC1. The summed E-state index contributed by atoms with van der Waals surface area (Å²) in [6.45, 7) is 0.824. The largest absolute Gasteiger partial charge is 0.393 e. The number of rotatable bonds is 2. The van der Waals surface area contributed by atoms with Crippen molar-refractivity contribution in [2.75, 3.05) is 19.3 Å². The zero-order valence-corrected chi connectivity index (χ0v) is 14.4. The Bertz CT molecular complexity index is 861. The topological polar surface area (TPSA) is 75.4 Å². The van der Waals surface area contributed by atoms with Crippen LogP contribution in [0.5, 0.6) is 0 Å². The van der Waals surface area contributed by atoms with Gasteiger partial charge in [0.15, 0.2) is 0 Å². The first kappa shape index (κ1) is 15.8. The van der Waals surface area contributed by atoms with Crippen LogP contribution in [0.2, 0.25) is 0 Å². The highest BCUT2D eigenvalue weighted by Crippen LogP contribution is 2.45. The highest BCUT2D eigenvalue weighted by molar-refractivity contribution is 7.88. The maximum Gasteiger partial charge on any atom is 0.211 e. The Labute approximate surface area is 141 Å². The predicted molar refractivity (Wildman–Crippen MR) is 90.9 cm³/mol. The third-order valence-corrected chi connectivity index (χ3v) is 6.58. The van der Waals surface area contributed by atoms with Gasteiger partial charge in [0, 0.05) is 24.6 Å². The number of aliphatic hydroxyl groups excluding tert-OH is 1. The molecule has 4 rings (SSSR count). The summed E-state index contributed by atoms with van der Waals surface area (Å²) in [5.74, 6) is -0.0339. The molecule has 128 valence electrons. The van der Waals surface area contributed by atoms with Gasteiger partial charge in [-0.1, -0.05) is 24.3 Å². The van der Waals surface area contributed by atoms with Gasteiger partial charge in [-0.15, -0.1) is 0 Å². The van der Waals surface area contributed by atoms with Gasteiger partial charge in [0.2, 0.25) is 10.0 Å². The first-order valence-electron chi connectivity index (χ1n) is 8.21. The molecule has 1 aromatic carbocycles. The minimum atomic E-state index is -3.23. The summed E-state index contributed by atoms with van der Waals surface area (Å²) in [5.41, 5.74) is 3.40. The molecule has 1 saturated heterocycles. The van der Waals surface area contributed by atoms with E-state index in [4.69, 9.17) is 0 Å². The molecule has 1 N–H and O–H groups in total. The van der Waals surface area contributed by atoms with Crippen molar-refractivity contribution >= 4 is 10.0 Å². The van der Waals surface area contributed by atoms with Crippen molar-refractivity contribution in [3.05, 3.63) is 42.4 Å². The van der Waals surface area contributed by atoms with E-state index in [1.807, 2.05) is 24.7 Å². The van der Waals surface area contributed by atoms with Crippen LogP contribution in [0.1, 0.15) is 24.4 Å². The number of fused-ring (bicyclic) bond motifs is 3. The van der Waals surface area contributed by atoms with Crippen molar-refractivity contribution in [1.82, 2.24) is 13.9 Å². The van der Waals surface area contributed by atoms with Gasteiger partial charge in [0.05, 0.1) is 36.6 Å². The molecule has 0 radical (unpaired) electrons. The van der Waals surface area contributed by atoms with Crippen molar-refractivity contribution in [3.63, 3.8) is 0 Å². The highest BCUT2D eigenvalue weighted by atomic mass is 32.2. The van der Waals surface area contributed by atoms with Crippen molar-refractivity contribution in [2.45, 2.75) is 25.0 Å². The van der Waals surface area contributed by atoms with E-state index in [9.17, 15) is 13.5 Å². The Balaban J connectivity index is 1.71. The second-order valence-corrected chi connectivity index (χ2v) is 8.67. The predicted octanol–water partition coefficient (Wildman–Crippen LogP) is 1.49. The van der Waals surface area contributed by atoms with Crippen LogP contribution < -0.4 is 0 Å². The third kappa shape index (κ3) is 2.47. The first-order valence-corrected chi connectivity index (χ1v) is 10.1. The number of benzene rings is 1. The lowest BCUT2D eigenvalue weighted by Crippen LogP contribution is -2.31. The van der Waals surface area contributed by atoms with Crippen molar-refractivity contribution in [1.29, 1.82) is 0 Å². The molecule has 0 aliphatic carbocycles. The van der Waals surface area contributed by atoms with E-state index >= 15 is 0 Å². The molecule has 6 nitrogen and oxygen atoms in total. The number of aliphatic hydroxyl groups is 1. The van der Waals surface area contributed by atoms with Gasteiger partial charge in [-0.3, -0.25) is 0 Å². The molecule has 0 bridgehead atoms. The number of hydrogen-bond acceptors (Lipinski definition) is 4. The molecule has 0 amide bonds. The van der Waals surface area contributed by atoms with Gasteiger partial charge >= 0.3 is 0 Å². The molecule has 24 heavy (non-hydrogen) atoms. The van der Waals surface area contributed by atoms with E-state index in [2.05, 4.69) is 21.7 Å². The zero-order valence-electron chi connectivity index (χ0n) is 13.5. The summed E-state index contributed by atoms with van der Waals surface area (Å²) < 4.78 is 27.3. The fourth-order valence-electron chi connectivity index (χ4n) is 4.10. The second kappa shape index (κ2) is 5.68. The van der Waals surface area contributed by atoms with Crippen LogP contribution in [0.15, 0.2) is 36.8 Å². The lowest BCUT2D eigenvalue weighted by Gasteiger charge is -2.28. The molecule has 1 aromatic heterocycles. The Morgan fingerprint density at radius 2 is 1.96 bits per heavy atom. The summed E-state index contributed by atoms with van der Waals surface area (Å²) in [4.78, 5) is 4.27. The molecule has 0 unspecified atom stereocenters. The molecule has 2 aliphatic rings. The van der Waals surface area contributed by atoms with Crippen molar-refractivity contribution in [2.24, 2.45) is 5.92 Å². The molecule has 0 spiro atoms. The lowest BCUT2D eigenvalue weighted by molar-refractivity contribution is 0.0836. The summed E-state index contributed by atoms with van der Waals surface area (Å²) >= 11 is 0. The Hall–Kier alpha value is -1.70. The lowest BCUT2D eigenvalue weighted by atomic mass is 9.85. The van der Waals surface area contributed by atoms with Gasteiger partial charge in [0.1, 0.15) is 0 Å². The Morgan fingerprint density at radius 3 is 2.75 bits per heavy atom. The highest BCUT2D eigenvalue weighted by Gasteiger charge is 2.39. The molecule has 2 aromatic rings. The summed E-state index contributed by atoms with van der Waals surface area (Å²) in [6.07, 6.45) is 5.45. The molecule has 3 heterocycles. The summed E-state index contributed by atoms with van der Waals surface area (Å²) in [7, 11) is -3.23. The van der Waals surface area contributed by atoms with Crippen LogP contribution in [-0.2, 0) is 10.0 Å². The molecule has 0 saturated carbocycles. The van der Waals surface area contributed by atoms with E-state index in [-0.39, 0.29) is 12.0 Å². The standard InChI is InChI=1S/C17H21N3O3S/c1-24(22,23)19-8-6-14(16(21)7-9-19)17-13-5-3-2-4-12(13)15-10-18-11-20(15)17/h2-5,10-11,14,16-17,21H,6-9H2,1H3/t14-,16+,17-/m1/s1. The van der Waals surface area contributed by atoms with Gasteiger partial charge < -0.3 is 9.67 Å². The van der Waals surface area contributed by atoms with Gasteiger partial charge in [-0.05, 0) is 18.4 Å². The molecule has 1 fully saturated rings. The van der Waals surface area contributed by atoms with E-state index in [1.165, 1.54) is 16.1 Å². The van der Waals surface area contributed by atoms with Crippen LogP contribution in [0.25, 0.3) is 11.3 Å². The van der Waals surface area contributed by atoms with E-state index < -0.39 is 16.1 Å². The minimum Gasteiger partial charge on any atom is -0.393 e. The zero-order chi connectivity index (χ0) is 16.9. The maximum atomic E-state index is 11.9. The number of imidazole rings is 1. The number of hydrogen-bond donors (Lipinski definition) is 1. The Kier molecular flexibility index (Phi) is 3.74. The van der Waals surface area contributed by atoms with Gasteiger partial charge in [0.25, 0.3) is 0 Å². The van der Waals surface area contributed by atoms with E-state index in [1.54, 1.807) is 0 Å².